The van der Waals surface area contributed by atoms with E-state index in [1.807, 2.05) is 31.2 Å². The van der Waals surface area contributed by atoms with Crippen molar-refractivity contribution in [3.8, 4) is 0 Å². The quantitative estimate of drug-likeness (QED) is 0.550. The number of benzene rings is 2. The fraction of sp³-hybridized carbons (Fsp3) is 0.250. The van der Waals surface area contributed by atoms with Crippen molar-refractivity contribution >= 4 is 35.0 Å². The fourth-order valence-electron chi connectivity index (χ4n) is 5.85. The zero-order chi connectivity index (χ0) is 24.3. The number of anilines is 2. The number of imide groups is 2. The molecule has 7 nitrogen and oxygen atoms in total. The summed E-state index contributed by atoms with van der Waals surface area (Å²) in [6.07, 6.45) is 0.351. The molecule has 3 aliphatic rings. The third kappa shape index (κ3) is 3.22. The molecule has 4 atom stereocenters. The third-order valence-corrected chi connectivity index (χ3v) is 7.41. The van der Waals surface area contributed by atoms with Crippen LogP contribution in [0, 0.1) is 18.8 Å². The van der Waals surface area contributed by atoms with Crippen molar-refractivity contribution in [3.63, 3.8) is 0 Å². The predicted molar refractivity (Wildman–Crippen MR) is 129 cm³/mol. The summed E-state index contributed by atoms with van der Waals surface area (Å²) in [6.45, 7) is 1.86. The van der Waals surface area contributed by atoms with E-state index in [9.17, 15) is 19.2 Å². The first-order valence-corrected chi connectivity index (χ1v) is 11.8. The molecule has 1 aromatic heterocycles. The second kappa shape index (κ2) is 7.98. The van der Waals surface area contributed by atoms with Gasteiger partial charge in [-0.1, -0.05) is 42.5 Å². The number of rotatable bonds is 3. The number of amides is 4. The molecule has 2 aliphatic heterocycles. The number of carbonyl (C=O) groups is 4. The number of para-hydroxylation sites is 2. The molecule has 2 fully saturated rings. The standard InChI is InChI=1S/C28H23N3O4/c1-16-12-13-19-24-22(27(34)31(28(24)35)18-10-6-3-7-11-18)14-20(25(19)29-16)21-15-23(32)30(26(21)33)17-8-4-2-5-9-17/h2-13,20-22,24H,14-15H2,1H3. The molecule has 7 heteroatoms. The van der Waals surface area contributed by atoms with Gasteiger partial charge in [0.1, 0.15) is 0 Å². The summed E-state index contributed by atoms with van der Waals surface area (Å²) in [6, 6.07) is 21.5. The summed E-state index contributed by atoms with van der Waals surface area (Å²) >= 11 is 0. The van der Waals surface area contributed by atoms with E-state index in [1.54, 1.807) is 48.5 Å². The summed E-state index contributed by atoms with van der Waals surface area (Å²) < 4.78 is 0. The van der Waals surface area contributed by atoms with Gasteiger partial charge in [-0.05, 0) is 49.2 Å². The van der Waals surface area contributed by atoms with Crippen LogP contribution in [0.1, 0.15) is 41.6 Å². The number of carbonyl (C=O) groups excluding carboxylic acids is 4. The normalized spacial score (nSPS) is 25.7. The van der Waals surface area contributed by atoms with Crippen LogP contribution >= 0.6 is 0 Å². The number of fused-ring (bicyclic) bond motifs is 3. The van der Waals surface area contributed by atoms with E-state index >= 15 is 0 Å². The van der Waals surface area contributed by atoms with Crippen LogP contribution in [0.25, 0.3) is 0 Å². The molecule has 0 bridgehead atoms. The van der Waals surface area contributed by atoms with Crippen LogP contribution in [0.4, 0.5) is 11.4 Å². The van der Waals surface area contributed by atoms with Crippen molar-refractivity contribution in [1.82, 2.24) is 4.98 Å². The van der Waals surface area contributed by atoms with Crippen molar-refractivity contribution < 1.29 is 19.2 Å². The van der Waals surface area contributed by atoms with E-state index in [0.29, 0.717) is 29.1 Å². The molecule has 4 unspecified atom stereocenters. The van der Waals surface area contributed by atoms with Gasteiger partial charge in [0.05, 0.1) is 29.1 Å². The van der Waals surface area contributed by atoms with Gasteiger partial charge in [0.2, 0.25) is 23.6 Å². The Morgan fingerprint density at radius 3 is 1.94 bits per heavy atom. The molecule has 174 valence electrons. The Morgan fingerprint density at radius 2 is 1.29 bits per heavy atom. The molecule has 4 amide bonds. The molecule has 0 spiro atoms. The van der Waals surface area contributed by atoms with Crippen molar-refractivity contribution in [1.29, 1.82) is 0 Å². The van der Waals surface area contributed by atoms with E-state index in [4.69, 9.17) is 4.98 Å². The van der Waals surface area contributed by atoms with Crippen molar-refractivity contribution in [2.24, 2.45) is 11.8 Å². The van der Waals surface area contributed by atoms with Gasteiger partial charge >= 0.3 is 0 Å². The topological polar surface area (TPSA) is 87.7 Å². The van der Waals surface area contributed by atoms with Crippen molar-refractivity contribution in [3.05, 3.63) is 89.7 Å². The molecule has 0 N–H and O–H groups in total. The van der Waals surface area contributed by atoms with E-state index < -0.39 is 23.7 Å². The number of pyridine rings is 1. The Morgan fingerprint density at radius 1 is 0.686 bits per heavy atom. The smallest absolute Gasteiger partial charge is 0.242 e. The number of nitrogens with zero attached hydrogens (tertiary/aromatic N) is 3. The highest BCUT2D eigenvalue weighted by molar-refractivity contribution is 6.24. The molecular weight excluding hydrogens is 442 g/mol. The zero-order valence-electron chi connectivity index (χ0n) is 19.1. The van der Waals surface area contributed by atoms with Gasteiger partial charge in [0.15, 0.2) is 0 Å². The Hall–Kier alpha value is -4.13. The van der Waals surface area contributed by atoms with E-state index in [2.05, 4.69) is 0 Å². The van der Waals surface area contributed by atoms with E-state index in [-0.39, 0.29) is 30.0 Å². The minimum absolute atomic E-state index is 0.0510. The lowest BCUT2D eigenvalue weighted by Crippen LogP contribution is -2.35. The maximum absolute atomic E-state index is 13.5. The molecule has 6 rings (SSSR count). The molecule has 35 heavy (non-hydrogen) atoms. The molecule has 0 radical (unpaired) electrons. The molecule has 2 aromatic carbocycles. The highest BCUT2D eigenvalue weighted by Gasteiger charge is 2.56. The second-order valence-corrected chi connectivity index (χ2v) is 9.41. The highest BCUT2D eigenvalue weighted by atomic mass is 16.2. The maximum atomic E-state index is 13.5. The Labute approximate surface area is 202 Å². The highest BCUT2D eigenvalue weighted by Crippen LogP contribution is 2.52. The first kappa shape index (κ1) is 21.4. The Kier molecular flexibility index (Phi) is 4.88. The van der Waals surface area contributed by atoms with Crippen LogP contribution < -0.4 is 9.80 Å². The number of hydrogen-bond donors (Lipinski definition) is 0. The predicted octanol–water partition coefficient (Wildman–Crippen LogP) is 3.73. The average Bonchev–Trinajstić information content (AvgIpc) is 3.30. The average molecular weight is 466 g/mol. The minimum atomic E-state index is -0.639. The van der Waals surface area contributed by atoms with Gasteiger partial charge in [-0.2, -0.15) is 0 Å². The number of hydrogen-bond acceptors (Lipinski definition) is 5. The minimum Gasteiger partial charge on any atom is -0.274 e. The van der Waals surface area contributed by atoms with Crippen molar-refractivity contribution in [2.45, 2.75) is 31.6 Å². The molecule has 1 aliphatic carbocycles. The van der Waals surface area contributed by atoms with Gasteiger partial charge in [-0.15, -0.1) is 0 Å². The molecule has 2 saturated heterocycles. The van der Waals surface area contributed by atoms with Gasteiger partial charge < -0.3 is 0 Å². The van der Waals surface area contributed by atoms with Crippen LogP contribution in [-0.4, -0.2) is 28.6 Å². The lowest BCUT2D eigenvalue weighted by Gasteiger charge is -2.33. The monoisotopic (exact) mass is 465 g/mol. The summed E-state index contributed by atoms with van der Waals surface area (Å²) in [4.78, 5) is 60.8. The largest absolute Gasteiger partial charge is 0.274 e. The lowest BCUT2D eigenvalue weighted by molar-refractivity contribution is -0.125. The van der Waals surface area contributed by atoms with E-state index in [0.717, 1.165) is 5.69 Å². The first-order chi connectivity index (χ1) is 17.0. The summed E-state index contributed by atoms with van der Waals surface area (Å²) in [7, 11) is 0. The number of aryl methyl sites for hydroxylation is 1. The SMILES string of the molecule is Cc1ccc2c(n1)C(C1CC(=O)N(c3ccccc3)C1=O)CC1C(=O)N(c3ccccc3)C(=O)C21. The van der Waals surface area contributed by atoms with Crippen LogP contribution in [0.3, 0.4) is 0 Å². The van der Waals surface area contributed by atoms with Gasteiger partial charge in [-0.3, -0.25) is 29.1 Å². The summed E-state index contributed by atoms with van der Waals surface area (Å²) in [5, 5.41) is 0. The zero-order valence-corrected chi connectivity index (χ0v) is 19.1. The molecule has 3 heterocycles. The van der Waals surface area contributed by atoms with Crippen LogP contribution in [0.5, 0.6) is 0 Å². The van der Waals surface area contributed by atoms with Crippen LogP contribution in [-0.2, 0) is 19.2 Å². The molecule has 3 aromatic rings. The van der Waals surface area contributed by atoms with Gasteiger partial charge in [0, 0.05) is 23.7 Å². The fourth-order valence-corrected chi connectivity index (χ4v) is 5.85. The maximum Gasteiger partial charge on any atom is 0.242 e. The van der Waals surface area contributed by atoms with E-state index in [1.165, 1.54) is 9.80 Å². The van der Waals surface area contributed by atoms with Crippen LogP contribution in [0.2, 0.25) is 0 Å². The summed E-state index contributed by atoms with van der Waals surface area (Å²) in [5.74, 6) is -3.37. The second-order valence-electron chi connectivity index (χ2n) is 9.41. The molecular formula is C28H23N3O4. The van der Waals surface area contributed by atoms with Gasteiger partial charge in [-0.25, -0.2) is 4.90 Å². The Bertz CT molecular complexity index is 1370. The first-order valence-electron chi connectivity index (χ1n) is 11.8. The molecule has 0 saturated carbocycles. The number of aromatic nitrogens is 1. The summed E-state index contributed by atoms with van der Waals surface area (Å²) in [5.41, 5.74) is 3.19. The Balaban J connectivity index is 1.41. The van der Waals surface area contributed by atoms with Gasteiger partial charge in [0.25, 0.3) is 0 Å². The third-order valence-electron chi connectivity index (χ3n) is 7.41. The lowest BCUT2D eigenvalue weighted by atomic mass is 9.69. The van der Waals surface area contributed by atoms with Crippen LogP contribution in [0.15, 0.2) is 72.8 Å². The van der Waals surface area contributed by atoms with Crippen molar-refractivity contribution in [2.75, 3.05) is 9.80 Å².